The first kappa shape index (κ1) is 27.5. The average molecular weight is 510 g/mol. The van der Waals surface area contributed by atoms with Gasteiger partial charge in [-0.2, -0.15) is 0 Å². The summed E-state index contributed by atoms with van der Waals surface area (Å²) in [7, 11) is 4.10. The van der Waals surface area contributed by atoms with Crippen molar-refractivity contribution in [2.75, 3.05) is 19.0 Å². The number of rotatable bonds is 6. The van der Waals surface area contributed by atoms with Gasteiger partial charge in [-0.05, 0) is 101 Å². The Morgan fingerprint density at radius 3 is 2.16 bits per heavy atom. The second-order valence-electron chi connectivity index (χ2n) is 12.0. The minimum Gasteiger partial charge on any atom is -0.478 e. The van der Waals surface area contributed by atoms with Gasteiger partial charge in [0.05, 0.1) is 5.56 Å². The highest BCUT2D eigenvalue weighted by molar-refractivity contribution is 5.87. The number of aryl methyl sites for hydroxylation is 2. The number of aliphatic hydroxyl groups excluding tert-OH is 1. The molecule has 4 rings (SSSR count). The molecule has 1 aliphatic carbocycles. The van der Waals surface area contributed by atoms with Crippen molar-refractivity contribution in [2.24, 2.45) is 0 Å². The lowest BCUT2D eigenvalue weighted by Gasteiger charge is -2.43. The van der Waals surface area contributed by atoms with Crippen LogP contribution in [-0.4, -0.2) is 30.3 Å². The Kier molecular flexibility index (Phi) is 7.72. The molecule has 1 unspecified atom stereocenters. The van der Waals surface area contributed by atoms with Gasteiger partial charge in [0.15, 0.2) is 0 Å². The molecule has 3 aromatic rings. The van der Waals surface area contributed by atoms with Gasteiger partial charge >= 0.3 is 5.97 Å². The van der Waals surface area contributed by atoms with E-state index in [-0.39, 0.29) is 16.4 Å². The van der Waals surface area contributed by atoms with Crippen molar-refractivity contribution in [3.05, 3.63) is 99.6 Å². The summed E-state index contributed by atoms with van der Waals surface area (Å²) in [6.07, 6.45) is 3.12. The number of hydrogen-bond acceptors (Lipinski definition) is 3. The van der Waals surface area contributed by atoms with E-state index in [4.69, 9.17) is 5.11 Å². The van der Waals surface area contributed by atoms with Crippen LogP contribution in [-0.2, 0) is 23.7 Å². The zero-order valence-electron chi connectivity index (χ0n) is 23.4. The maximum absolute atomic E-state index is 11.1. The maximum Gasteiger partial charge on any atom is 0.335 e. The summed E-state index contributed by atoms with van der Waals surface area (Å²) < 4.78 is 0. The van der Waals surface area contributed by atoms with Gasteiger partial charge in [0.25, 0.3) is 0 Å². The normalized spacial score (nSPS) is 16.1. The number of carbonyl (C=O) groups is 1. The van der Waals surface area contributed by atoms with Crippen LogP contribution in [0.3, 0.4) is 0 Å². The molecule has 1 atom stereocenters. The summed E-state index contributed by atoms with van der Waals surface area (Å²) in [5.41, 5.74) is 8.32. The van der Waals surface area contributed by atoms with Crippen molar-refractivity contribution in [3.63, 3.8) is 0 Å². The van der Waals surface area contributed by atoms with Gasteiger partial charge in [0, 0.05) is 25.3 Å². The minimum atomic E-state index is -0.967. The molecule has 1 aliphatic rings. The Balaban J connectivity index is 1.69. The van der Waals surface area contributed by atoms with Crippen LogP contribution in [0.4, 0.5) is 5.69 Å². The molecular weight excluding hydrogens is 470 g/mol. The fourth-order valence-corrected chi connectivity index (χ4v) is 5.47. The van der Waals surface area contributed by atoms with Crippen molar-refractivity contribution in [1.29, 1.82) is 0 Å². The molecule has 198 valence electrons. The second kappa shape index (κ2) is 10.7. The molecule has 0 saturated heterocycles. The highest BCUT2D eigenvalue weighted by atomic mass is 16.4. The lowest BCUT2D eigenvalue weighted by Crippen LogP contribution is -2.35. The van der Waals surface area contributed by atoms with E-state index in [1.807, 2.05) is 0 Å². The lowest BCUT2D eigenvalue weighted by atomic mass is 9.61. The minimum absolute atomic E-state index is 0.0167. The molecule has 0 aliphatic heterocycles. The molecule has 0 spiro atoms. The van der Waals surface area contributed by atoms with Crippen LogP contribution in [0.5, 0.6) is 0 Å². The van der Waals surface area contributed by atoms with E-state index in [1.165, 1.54) is 40.1 Å². The Morgan fingerprint density at radius 2 is 1.55 bits per heavy atom. The lowest BCUT2D eigenvalue weighted by molar-refractivity contribution is 0.0697. The third kappa shape index (κ3) is 5.95. The zero-order valence-corrected chi connectivity index (χ0v) is 23.4. The van der Waals surface area contributed by atoms with E-state index < -0.39 is 12.1 Å². The summed E-state index contributed by atoms with van der Waals surface area (Å²) in [6, 6.07) is 19.5. The molecule has 0 fully saturated rings. The Hall–Kier alpha value is -3.55. The van der Waals surface area contributed by atoms with Crippen molar-refractivity contribution in [2.45, 2.75) is 70.3 Å². The Labute approximate surface area is 227 Å². The van der Waals surface area contributed by atoms with E-state index in [9.17, 15) is 9.90 Å². The molecule has 0 heterocycles. The smallest absolute Gasteiger partial charge is 0.335 e. The fourth-order valence-electron chi connectivity index (χ4n) is 5.47. The summed E-state index contributed by atoms with van der Waals surface area (Å²) in [5.74, 6) is 5.04. The van der Waals surface area contributed by atoms with E-state index in [1.54, 1.807) is 12.1 Å². The largest absolute Gasteiger partial charge is 0.478 e. The molecule has 2 N–H and O–H groups in total. The molecule has 0 radical (unpaired) electrons. The first-order valence-electron chi connectivity index (χ1n) is 13.3. The number of aliphatic hydroxyl groups is 1. The number of fused-ring (bicyclic) bond motifs is 1. The number of aromatic carboxylic acids is 1. The second-order valence-corrected chi connectivity index (χ2v) is 12.0. The number of carboxylic acid groups (broad SMARTS) is 1. The molecule has 0 bridgehead atoms. The average Bonchev–Trinajstić information content (AvgIpc) is 2.88. The van der Waals surface area contributed by atoms with Gasteiger partial charge in [0.2, 0.25) is 0 Å². The topological polar surface area (TPSA) is 60.8 Å². The monoisotopic (exact) mass is 509 g/mol. The summed E-state index contributed by atoms with van der Waals surface area (Å²) in [6.45, 7) is 9.29. The zero-order chi connectivity index (χ0) is 27.7. The molecule has 38 heavy (non-hydrogen) atoms. The van der Waals surface area contributed by atoms with Gasteiger partial charge < -0.3 is 15.1 Å². The standard InChI is InChI=1S/C34H39NO3/c1-33(2)19-20-34(3,4)31-26(15-9-24-10-16-28(17-11-24)35(5)6)21-27(22-29(31)33)30(36)18-12-23-7-13-25(14-8-23)32(37)38/h7-8,10-11,13-14,16-17,21-22,30,36H,9,15,19-20H2,1-6H3,(H,37,38). The predicted octanol–water partition coefficient (Wildman–Crippen LogP) is 6.67. The molecule has 4 nitrogen and oxygen atoms in total. The number of hydrogen-bond donors (Lipinski definition) is 2. The molecule has 0 amide bonds. The maximum atomic E-state index is 11.1. The highest BCUT2D eigenvalue weighted by Gasteiger charge is 2.39. The van der Waals surface area contributed by atoms with Crippen LogP contribution in [0, 0.1) is 11.8 Å². The van der Waals surface area contributed by atoms with Crippen LogP contribution in [0.25, 0.3) is 0 Å². The number of carboxylic acids is 1. The van der Waals surface area contributed by atoms with E-state index in [0.29, 0.717) is 5.56 Å². The number of benzene rings is 3. The van der Waals surface area contributed by atoms with E-state index in [0.717, 1.165) is 31.2 Å². The van der Waals surface area contributed by atoms with Gasteiger partial charge in [-0.25, -0.2) is 4.79 Å². The Morgan fingerprint density at radius 1 is 0.921 bits per heavy atom. The van der Waals surface area contributed by atoms with Crippen molar-refractivity contribution in [1.82, 2.24) is 0 Å². The molecule has 3 aromatic carbocycles. The number of nitrogens with zero attached hydrogens (tertiary/aromatic N) is 1. The predicted molar refractivity (Wildman–Crippen MR) is 155 cm³/mol. The third-order valence-corrected chi connectivity index (χ3v) is 7.96. The Bertz CT molecular complexity index is 1370. The quantitative estimate of drug-likeness (QED) is 0.364. The van der Waals surface area contributed by atoms with Gasteiger partial charge in [0.1, 0.15) is 6.10 Å². The van der Waals surface area contributed by atoms with Crippen LogP contribution < -0.4 is 4.90 Å². The summed E-state index contributed by atoms with van der Waals surface area (Å²) >= 11 is 0. The van der Waals surface area contributed by atoms with Crippen LogP contribution in [0.15, 0.2) is 60.7 Å². The SMILES string of the molecule is CN(C)c1ccc(CCc2cc(C(O)C#Cc3ccc(C(=O)O)cc3)cc3c2C(C)(C)CCC3(C)C)cc1. The van der Waals surface area contributed by atoms with Crippen molar-refractivity contribution in [3.8, 4) is 11.8 Å². The highest BCUT2D eigenvalue weighted by Crippen LogP contribution is 2.48. The van der Waals surface area contributed by atoms with Gasteiger partial charge in [-0.3, -0.25) is 0 Å². The van der Waals surface area contributed by atoms with Crippen LogP contribution >= 0.6 is 0 Å². The fraction of sp³-hybridized carbons (Fsp3) is 0.382. The van der Waals surface area contributed by atoms with Crippen LogP contribution in [0.2, 0.25) is 0 Å². The van der Waals surface area contributed by atoms with E-state index in [2.05, 4.69) is 94.9 Å². The number of anilines is 1. The van der Waals surface area contributed by atoms with E-state index >= 15 is 0 Å². The van der Waals surface area contributed by atoms with Crippen LogP contribution in [0.1, 0.15) is 90.4 Å². The third-order valence-electron chi connectivity index (χ3n) is 7.96. The first-order valence-corrected chi connectivity index (χ1v) is 13.3. The molecule has 4 heteroatoms. The molecule has 0 aromatic heterocycles. The molecular formula is C34H39NO3. The first-order chi connectivity index (χ1) is 17.9. The van der Waals surface area contributed by atoms with Crippen molar-refractivity contribution >= 4 is 11.7 Å². The van der Waals surface area contributed by atoms with Gasteiger partial charge in [-0.1, -0.05) is 63.8 Å². The molecule has 0 saturated carbocycles. The van der Waals surface area contributed by atoms with Crippen molar-refractivity contribution < 1.29 is 15.0 Å². The summed E-state index contributed by atoms with van der Waals surface area (Å²) in [4.78, 5) is 13.2. The summed E-state index contributed by atoms with van der Waals surface area (Å²) in [5, 5.41) is 20.3. The van der Waals surface area contributed by atoms with Gasteiger partial charge in [-0.15, -0.1) is 0 Å².